The van der Waals surface area contributed by atoms with Crippen molar-refractivity contribution < 1.29 is 14.0 Å². The van der Waals surface area contributed by atoms with Gasteiger partial charge >= 0.3 is 0 Å². The Hall–Kier alpha value is -3.16. The first kappa shape index (κ1) is 15.7. The number of anilines is 1. The molecule has 1 aromatic carbocycles. The number of nitrogens with zero attached hydrogens (tertiary/aromatic N) is 4. The van der Waals surface area contributed by atoms with Crippen molar-refractivity contribution in [1.82, 2.24) is 20.1 Å². The Kier molecular flexibility index (Phi) is 4.28. The average Bonchev–Trinajstić information content (AvgIpc) is 3.10. The molecule has 0 unspecified atom stereocenters. The number of rotatable bonds is 5. The molecule has 3 aromatic rings. The third-order valence-electron chi connectivity index (χ3n) is 3.37. The predicted octanol–water partition coefficient (Wildman–Crippen LogP) is 2.56. The lowest BCUT2D eigenvalue weighted by molar-refractivity contribution is 0.394. The van der Waals surface area contributed by atoms with E-state index in [1.165, 1.54) is 0 Å². The van der Waals surface area contributed by atoms with E-state index in [0.717, 1.165) is 5.69 Å². The average molecular weight is 327 g/mol. The molecule has 8 nitrogen and oxygen atoms in total. The van der Waals surface area contributed by atoms with Gasteiger partial charge in [0.25, 0.3) is 5.89 Å². The fraction of sp³-hybridized carbons (Fsp3) is 0.250. The maximum absolute atomic E-state index is 5.38. The molecule has 0 saturated carbocycles. The van der Waals surface area contributed by atoms with Crippen LogP contribution in [-0.4, -0.2) is 41.4 Å². The van der Waals surface area contributed by atoms with Crippen LogP contribution >= 0.6 is 0 Å². The van der Waals surface area contributed by atoms with E-state index in [-0.39, 0.29) is 0 Å². The Morgan fingerprint density at radius 2 is 1.88 bits per heavy atom. The van der Waals surface area contributed by atoms with Crippen LogP contribution in [0, 0.1) is 6.92 Å². The monoisotopic (exact) mass is 327 g/mol. The molecule has 8 heteroatoms. The summed E-state index contributed by atoms with van der Waals surface area (Å²) in [5.41, 5.74) is 2.05. The Balaban J connectivity index is 2.01. The summed E-state index contributed by atoms with van der Waals surface area (Å²) in [4.78, 5) is 13.0. The summed E-state index contributed by atoms with van der Waals surface area (Å²) in [6.45, 7) is 1.87. The van der Waals surface area contributed by atoms with Crippen molar-refractivity contribution >= 4 is 5.95 Å². The topological polar surface area (TPSA) is 95.2 Å². The van der Waals surface area contributed by atoms with Gasteiger partial charge in [0.2, 0.25) is 11.8 Å². The van der Waals surface area contributed by atoms with Crippen LogP contribution in [-0.2, 0) is 0 Å². The lowest BCUT2D eigenvalue weighted by atomic mass is 10.2. The number of ether oxygens (including phenoxy) is 2. The molecule has 1 N–H and O–H groups in total. The van der Waals surface area contributed by atoms with E-state index in [4.69, 9.17) is 14.0 Å². The van der Waals surface area contributed by atoms with Crippen LogP contribution in [0.25, 0.3) is 23.0 Å². The van der Waals surface area contributed by atoms with Crippen molar-refractivity contribution in [3.63, 3.8) is 0 Å². The SMILES string of the molecule is CNc1nc(C)cc(-c2nc(-c3ccc(OC)cc3OC)no2)n1. The van der Waals surface area contributed by atoms with Gasteiger partial charge in [-0.25, -0.2) is 9.97 Å². The first-order chi connectivity index (χ1) is 11.6. The predicted molar refractivity (Wildman–Crippen MR) is 88.1 cm³/mol. The molecule has 0 radical (unpaired) electrons. The van der Waals surface area contributed by atoms with Crippen molar-refractivity contribution in [2.24, 2.45) is 0 Å². The highest BCUT2D eigenvalue weighted by Gasteiger charge is 2.17. The van der Waals surface area contributed by atoms with E-state index in [0.29, 0.717) is 40.4 Å². The van der Waals surface area contributed by atoms with Crippen LogP contribution in [0.15, 0.2) is 28.8 Å². The number of nitrogens with one attached hydrogen (secondary N) is 1. The van der Waals surface area contributed by atoms with Gasteiger partial charge < -0.3 is 19.3 Å². The van der Waals surface area contributed by atoms with Crippen molar-refractivity contribution in [1.29, 1.82) is 0 Å². The highest BCUT2D eigenvalue weighted by Crippen LogP contribution is 2.32. The van der Waals surface area contributed by atoms with E-state index in [1.54, 1.807) is 33.4 Å². The molecule has 0 bridgehead atoms. The molecule has 124 valence electrons. The Morgan fingerprint density at radius 1 is 1.04 bits per heavy atom. The maximum atomic E-state index is 5.38. The van der Waals surface area contributed by atoms with Gasteiger partial charge in [-0.2, -0.15) is 4.98 Å². The van der Waals surface area contributed by atoms with Crippen LogP contribution in [0.3, 0.4) is 0 Å². The van der Waals surface area contributed by atoms with Crippen LogP contribution < -0.4 is 14.8 Å². The summed E-state index contributed by atoms with van der Waals surface area (Å²) in [5.74, 6) is 2.49. The zero-order valence-electron chi connectivity index (χ0n) is 13.8. The molecular weight excluding hydrogens is 310 g/mol. The van der Waals surface area contributed by atoms with Gasteiger partial charge in [-0.1, -0.05) is 5.16 Å². The molecule has 0 aliphatic heterocycles. The number of methoxy groups -OCH3 is 2. The number of hydrogen-bond acceptors (Lipinski definition) is 8. The van der Waals surface area contributed by atoms with E-state index >= 15 is 0 Å². The first-order valence-electron chi connectivity index (χ1n) is 7.24. The van der Waals surface area contributed by atoms with Gasteiger partial charge in [0.15, 0.2) is 0 Å². The van der Waals surface area contributed by atoms with Crippen LogP contribution in [0.5, 0.6) is 11.5 Å². The second-order valence-corrected chi connectivity index (χ2v) is 4.96. The Bertz CT molecular complexity index is 863. The lowest BCUT2D eigenvalue weighted by Crippen LogP contribution is -1.99. The minimum Gasteiger partial charge on any atom is -0.497 e. The highest BCUT2D eigenvalue weighted by molar-refractivity contribution is 5.67. The Labute approximate surface area is 138 Å². The van der Waals surface area contributed by atoms with Crippen molar-refractivity contribution in [3.05, 3.63) is 30.0 Å². The molecule has 0 aliphatic carbocycles. The zero-order chi connectivity index (χ0) is 17.1. The molecule has 24 heavy (non-hydrogen) atoms. The van der Waals surface area contributed by atoms with Crippen LogP contribution in [0.2, 0.25) is 0 Å². The number of benzene rings is 1. The fourth-order valence-corrected chi connectivity index (χ4v) is 2.21. The third-order valence-corrected chi connectivity index (χ3v) is 3.37. The Morgan fingerprint density at radius 3 is 2.58 bits per heavy atom. The van der Waals surface area contributed by atoms with E-state index in [9.17, 15) is 0 Å². The molecule has 0 atom stereocenters. The molecule has 0 amide bonds. The second kappa shape index (κ2) is 6.53. The van der Waals surface area contributed by atoms with Gasteiger partial charge in [-0.3, -0.25) is 0 Å². The summed E-state index contributed by atoms with van der Waals surface area (Å²) in [6, 6.07) is 7.17. The van der Waals surface area contributed by atoms with E-state index in [2.05, 4.69) is 25.4 Å². The summed E-state index contributed by atoms with van der Waals surface area (Å²) in [5, 5.41) is 6.93. The van der Waals surface area contributed by atoms with E-state index < -0.39 is 0 Å². The summed E-state index contributed by atoms with van der Waals surface area (Å²) in [7, 11) is 4.92. The van der Waals surface area contributed by atoms with E-state index in [1.807, 2.05) is 19.1 Å². The molecule has 0 saturated heterocycles. The minimum atomic E-state index is 0.310. The number of hydrogen-bond donors (Lipinski definition) is 1. The van der Waals surface area contributed by atoms with Gasteiger partial charge in [-0.15, -0.1) is 0 Å². The second-order valence-electron chi connectivity index (χ2n) is 4.96. The summed E-state index contributed by atoms with van der Waals surface area (Å²) in [6.07, 6.45) is 0. The van der Waals surface area contributed by atoms with Crippen molar-refractivity contribution in [2.75, 3.05) is 26.6 Å². The molecular formula is C16H17N5O3. The summed E-state index contributed by atoms with van der Waals surface area (Å²) >= 11 is 0. The fourth-order valence-electron chi connectivity index (χ4n) is 2.21. The van der Waals surface area contributed by atoms with Crippen LogP contribution in [0.1, 0.15) is 5.69 Å². The smallest absolute Gasteiger partial charge is 0.277 e. The molecule has 0 fully saturated rings. The van der Waals surface area contributed by atoms with Crippen molar-refractivity contribution in [3.8, 4) is 34.5 Å². The maximum Gasteiger partial charge on any atom is 0.277 e. The van der Waals surface area contributed by atoms with Gasteiger partial charge in [-0.05, 0) is 25.1 Å². The number of aryl methyl sites for hydroxylation is 1. The summed E-state index contributed by atoms with van der Waals surface area (Å²) < 4.78 is 15.9. The molecule has 2 aromatic heterocycles. The molecule has 3 rings (SSSR count). The normalized spacial score (nSPS) is 10.5. The van der Waals surface area contributed by atoms with Gasteiger partial charge in [0.1, 0.15) is 17.2 Å². The molecule has 0 spiro atoms. The minimum absolute atomic E-state index is 0.310. The standard InChI is InChI=1S/C16H17N5O3/c1-9-7-12(19-16(17-2)18-9)15-20-14(21-24-15)11-6-5-10(22-3)8-13(11)23-4/h5-8H,1-4H3,(H,17,18,19). The third kappa shape index (κ3) is 2.98. The molecule has 2 heterocycles. The van der Waals surface area contributed by atoms with Crippen LogP contribution in [0.4, 0.5) is 5.95 Å². The molecule has 0 aliphatic rings. The first-order valence-corrected chi connectivity index (χ1v) is 7.24. The quantitative estimate of drug-likeness (QED) is 0.764. The van der Waals surface area contributed by atoms with Gasteiger partial charge in [0.05, 0.1) is 19.8 Å². The highest BCUT2D eigenvalue weighted by atomic mass is 16.5. The number of aromatic nitrogens is 4. The lowest BCUT2D eigenvalue weighted by Gasteiger charge is -2.07. The zero-order valence-corrected chi connectivity index (χ0v) is 13.8. The van der Waals surface area contributed by atoms with Gasteiger partial charge in [0, 0.05) is 18.8 Å². The van der Waals surface area contributed by atoms with Crippen molar-refractivity contribution in [2.45, 2.75) is 6.92 Å². The largest absolute Gasteiger partial charge is 0.497 e.